The van der Waals surface area contributed by atoms with E-state index in [4.69, 9.17) is 4.52 Å². The van der Waals surface area contributed by atoms with Crippen molar-refractivity contribution in [3.8, 4) is 0 Å². The molecular formula is C20H23N3O4. The highest BCUT2D eigenvalue weighted by atomic mass is 16.5. The number of carbonyl (C=O) groups excluding carboxylic acids is 1. The van der Waals surface area contributed by atoms with Gasteiger partial charge in [-0.25, -0.2) is 4.79 Å². The number of carboxylic acids is 1. The number of hydrogen-bond donors (Lipinski definition) is 3. The summed E-state index contributed by atoms with van der Waals surface area (Å²) >= 11 is 0. The third kappa shape index (κ3) is 4.02. The first-order chi connectivity index (χ1) is 13.0. The number of rotatable bonds is 8. The molecule has 7 nitrogen and oxygen atoms in total. The fraction of sp³-hybridized carbons (Fsp3) is 0.350. The fourth-order valence-electron chi connectivity index (χ4n) is 3.25. The minimum Gasteiger partial charge on any atom is -0.480 e. The highest BCUT2D eigenvalue weighted by molar-refractivity contribution is 5.94. The SMILES string of the molecule is CCC(CC)c1cc(C(=O)NC(Cc2c[nH]c3ccccc23)C(=O)O)on1. The lowest BCUT2D eigenvalue weighted by molar-refractivity contribution is -0.139. The van der Waals surface area contributed by atoms with Crippen molar-refractivity contribution in [2.24, 2.45) is 0 Å². The van der Waals surface area contributed by atoms with Crippen LogP contribution in [-0.4, -0.2) is 33.2 Å². The van der Waals surface area contributed by atoms with Crippen molar-refractivity contribution in [1.82, 2.24) is 15.5 Å². The molecule has 3 rings (SSSR count). The number of carboxylic acid groups (broad SMARTS) is 1. The fourth-order valence-corrected chi connectivity index (χ4v) is 3.25. The number of nitrogens with one attached hydrogen (secondary N) is 2. The molecule has 27 heavy (non-hydrogen) atoms. The molecule has 0 radical (unpaired) electrons. The second-order valence-corrected chi connectivity index (χ2v) is 6.56. The molecule has 0 spiro atoms. The Morgan fingerprint density at radius 2 is 2.00 bits per heavy atom. The highest BCUT2D eigenvalue weighted by Crippen LogP contribution is 2.23. The number of aromatic amines is 1. The van der Waals surface area contributed by atoms with Gasteiger partial charge in [0.2, 0.25) is 5.76 Å². The first-order valence-electron chi connectivity index (χ1n) is 9.08. The van der Waals surface area contributed by atoms with Crippen LogP contribution in [0.2, 0.25) is 0 Å². The lowest BCUT2D eigenvalue weighted by atomic mass is 9.99. The molecule has 2 aromatic heterocycles. The summed E-state index contributed by atoms with van der Waals surface area (Å²) in [6, 6.07) is 8.15. The third-order valence-electron chi connectivity index (χ3n) is 4.86. The van der Waals surface area contributed by atoms with Gasteiger partial charge in [-0.15, -0.1) is 0 Å². The Balaban J connectivity index is 1.74. The van der Waals surface area contributed by atoms with Crippen LogP contribution in [0.4, 0.5) is 0 Å². The maximum atomic E-state index is 12.4. The molecule has 1 aromatic carbocycles. The van der Waals surface area contributed by atoms with Crippen LogP contribution in [0.15, 0.2) is 41.1 Å². The average molecular weight is 369 g/mol. The summed E-state index contributed by atoms with van der Waals surface area (Å²) in [6.45, 7) is 4.09. The van der Waals surface area contributed by atoms with E-state index in [0.29, 0.717) is 5.69 Å². The van der Waals surface area contributed by atoms with Gasteiger partial charge in [-0.3, -0.25) is 4.79 Å². The summed E-state index contributed by atoms with van der Waals surface area (Å²) in [7, 11) is 0. The Labute approximate surface area is 156 Å². The molecule has 0 aliphatic carbocycles. The molecule has 0 saturated carbocycles. The van der Waals surface area contributed by atoms with Gasteiger partial charge in [0.05, 0.1) is 5.69 Å². The largest absolute Gasteiger partial charge is 0.480 e. The zero-order chi connectivity index (χ0) is 19.4. The van der Waals surface area contributed by atoms with Crippen molar-refractivity contribution < 1.29 is 19.2 Å². The van der Waals surface area contributed by atoms with E-state index in [-0.39, 0.29) is 18.1 Å². The number of aromatic nitrogens is 2. The molecule has 142 valence electrons. The molecule has 7 heteroatoms. The molecule has 3 aromatic rings. The summed E-state index contributed by atoms with van der Waals surface area (Å²) in [4.78, 5) is 27.2. The van der Waals surface area contributed by atoms with Gasteiger partial charge in [-0.05, 0) is 24.5 Å². The lowest BCUT2D eigenvalue weighted by Gasteiger charge is -2.13. The van der Waals surface area contributed by atoms with Crippen LogP contribution in [0, 0.1) is 0 Å². The van der Waals surface area contributed by atoms with Gasteiger partial charge in [0.15, 0.2) is 0 Å². The smallest absolute Gasteiger partial charge is 0.326 e. The number of fused-ring (bicyclic) bond motifs is 1. The van der Waals surface area contributed by atoms with E-state index in [9.17, 15) is 14.7 Å². The average Bonchev–Trinajstić information content (AvgIpc) is 3.30. The molecule has 0 aliphatic heterocycles. The van der Waals surface area contributed by atoms with Crippen molar-refractivity contribution in [2.75, 3.05) is 0 Å². The second kappa shape index (κ2) is 8.07. The molecule has 2 heterocycles. The predicted octanol–water partition coefficient (Wildman–Crippen LogP) is 3.49. The Bertz CT molecular complexity index is 940. The van der Waals surface area contributed by atoms with Gasteiger partial charge in [-0.1, -0.05) is 37.2 Å². The maximum absolute atomic E-state index is 12.4. The van der Waals surface area contributed by atoms with E-state index in [0.717, 1.165) is 29.3 Å². The lowest BCUT2D eigenvalue weighted by Crippen LogP contribution is -2.42. The predicted molar refractivity (Wildman–Crippen MR) is 101 cm³/mol. The molecule has 1 amide bonds. The van der Waals surface area contributed by atoms with Crippen LogP contribution >= 0.6 is 0 Å². The van der Waals surface area contributed by atoms with Crippen LogP contribution in [0.3, 0.4) is 0 Å². The van der Waals surface area contributed by atoms with Gasteiger partial charge >= 0.3 is 5.97 Å². The molecule has 1 unspecified atom stereocenters. The quantitative estimate of drug-likeness (QED) is 0.563. The van der Waals surface area contributed by atoms with Crippen molar-refractivity contribution in [2.45, 2.75) is 45.1 Å². The molecule has 0 fully saturated rings. The van der Waals surface area contributed by atoms with Gasteiger partial charge in [0, 0.05) is 35.5 Å². The molecule has 0 bridgehead atoms. The zero-order valence-electron chi connectivity index (χ0n) is 15.4. The summed E-state index contributed by atoms with van der Waals surface area (Å²) in [5.74, 6) is -1.43. The van der Waals surface area contributed by atoms with E-state index in [2.05, 4.69) is 15.5 Å². The first kappa shape index (κ1) is 18.7. The minimum atomic E-state index is -1.10. The van der Waals surface area contributed by atoms with Crippen LogP contribution in [0.1, 0.15) is 54.4 Å². The number of hydrogen-bond acceptors (Lipinski definition) is 4. The summed E-state index contributed by atoms with van der Waals surface area (Å²) in [5.41, 5.74) is 2.47. The summed E-state index contributed by atoms with van der Waals surface area (Å²) in [5, 5.41) is 17.0. The standard InChI is InChI=1S/C20H23N3O4/c1-3-12(4-2)16-10-18(27-23-16)19(24)22-17(20(25)26)9-13-11-21-15-8-6-5-7-14(13)15/h5-8,10-12,17,21H,3-4,9H2,1-2H3,(H,22,24)(H,25,26). The Hall–Kier alpha value is -3.09. The topological polar surface area (TPSA) is 108 Å². The van der Waals surface area contributed by atoms with Gasteiger partial charge in [0.25, 0.3) is 5.91 Å². The van der Waals surface area contributed by atoms with Crippen LogP contribution in [0.5, 0.6) is 0 Å². The second-order valence-electron chi connectivity index (χ2n) is 6.56. The van der Waals surface area contributed by atoms with Crippen molar-refractivity contribution in [3.63, 3.8) is 0 Å². The summed E-state index contributed by atoms with van der Waals surface area (Å²) < 4.78 is 5.14. The number of benzene rings is 1. The van der Waals surface area contributed by atoms with Gasteiger partial charge < -0.3 is 19.9 Å². The van der Waals surface area contributed by atoms with Crippen LogP contribution < -0.4 is 5.32 Å². The number of para-hydroxylation sites is 1. The van der Waals surface area contributed by atoms with E-state index in [1.165, 1.54) is 0 Å². The van der Waals surface area contributed by atoms with E-state index < -0.39 is 17.9 Å². The Kier molecular flexibility index (Phi) is 5.59. The zero-order valence-corrected chi connectivity index (χ0v) is 15.4. The van der Waals surface area contributed by atoms with E-state index in [1.807, 2.05) is 38.1 Å². The van der Waals surface area contributed by atoms with E-state index >= 15 is 0 Å². The van der Waals surface area contributed by atoms with Crippen LogP contribution in [-0.2, 0) is 11.2 Å². The maximum Gasteiger partial charge on any atom is 0.326 e. The normalized spacial score (nSPS) is 12.4. The Morgan fingerprint density at radius 1 is 1.26 bits per heavy atom. The summed E-state index contributed by atoms with van der Waals surface area (Å²) in [6.07, 6.45) is 3.72. The molecule has 1 atom stereocenters. The number of aliphatic carboxylic acids is 1. The molecular weight excluding hydrogens is 346 g/mol. The number of amides is 1. The van der Waals surface area contributed by atoms with E-state index in [1.54, 1.807) is 12.3 Å². The molecule has 0 aliphatic rings. The van der Waals surface area contributed by atoms with Gasteiger partial charge in [-0.2, -0.15) is 0 Å². The third-order valence-corrected chi connectivity index (χ3v) is 4.86. The monoisotopic (exact) mass is 369 g/mol. The number of carbonyl (C=O) groups is 2. The van der Waals surface area contributed by atoms with Crippen molar-refractivity contribution in [3.05, 3.63) is 53.5 Å². The molecule has 3 N–H and O–H groups in total. The minimum absolute atomic E-state index is 0.0297. The van der Waals surface area contributed by atoms with Crippen LogP contribution in [0.25, 0.3) is 10.9 Å². The highest BCUT2D eigenvalue weighted by Gasteiger charge is 2.25. The Morgan fingerprint density at radius 3 is 2.70 bits per heavy atom. The first-order valence-corrected chi connectivity index (χ1v) is 9.08. The van der Waals surface area contributed by atoms with Gasteiger partial charge in [0.1, 0.15) is 6.04 Å². The van der Waals surface area contributed by atoms with Crippen molar-refractivity contribution >= 4 is 22.8 Å². The van der Waals surface area contributed by atoms with Crippen molar-refractivity contribution in [1.29, 1.82) is 0 Å². The number of H-pyrrole nitrogens is 1. The molecule has 0 saturated heterocycles. The number of nitrogens with zero attached hydrogens (tertiary/aromatic N) is 1.